The molecule has 0 saturated carbocycles. The molecule has 0 aliphatic carbocycles. The summed E-state index contributed by atoms with van der Waals surface area (Å²) in [5, 5.41) is 3.38. The van der Waals surface area contributed by atoms with Gasteiger partial charge in [-0.2, -0.15) is 0 Å². The van der Waals surface area contributed by atoms with Crippen molar-refractivity contribution in [3.63, 3.8) is 0 Å². The molecular weight excluding hydrogens is 396 g/mol. The lowest BCUT2D eigenvalue weighted by molar-refractivity contribution is 0.102. The number of hydrogen-bond donors (Lipinski definition) is 2. The molecule has 3 rings (SSSR count). The first-order chi connectivity index (χ1) is 13.3. The number of para-hydroxylation sites is 1. The Balaban J connectivity index is 1.76. The van der Waals surface area contributed by atoms with Crippen molar-refractivity contribution in [2.45, 2.75) is 18.7 Å². The quantitative estimate of drug-likeness (QED) is 0.616. The average molecular weight is 415 g/mol. The van der Waals surface area contributed by atoms with E-state index >= 15 is 0 Å². The Hall–Kier alpha value is -2.83. The van der Waals surface area contributed by atoms with Crippen LogP contribution in [0.4, 0.5) is 11.4 Å². The Bertz CT molecular complexity index is 1110. The van der Waals surface area contributed by atoms with Crippen LogP contribution >= 0.6 is 11.6 Å². The Kier molecular flexibility index (Phi) is 5.72. The molecule has 144 valence electrons. The van der Waals surface area contributed by atoms with E-state index in [1.807, 2.05) is 13.8 Å². The summed E-state index contributed by atoms with van der Waals surface area (Å²) in [5.74, 6) is -0.282. The predicted octanol–water partition coefficient (Wildman–Crippen LogP) is 5.01. The first kappa shape index (κ1) is 19.9. The molecule has 0 atom stereocenters. The van der Waals surface area contributed by atoms with Crippen molar-refractivity contribution in [1.82, 2.24) is 0 Å². The van der Waals surface area contributed by atoms with Crippen molar-refractivity contribution in [2.75, 3.05) is 10.0 Å². The Morgan fingerprint density at radius 1 is 0.857 bits per heavy atom. The molecule has 0 spiro atoms. The van der Waals surface area contributed by atoms with Gasteiger partial charge in [0.2, 0.25) is 0 Å². The van der Waals surface area contributed by atoms with Gasteiger partial charge in [0, 0.05) is 22.0 Å². The van der Waals surface area contributed by atoms with Crippen LogP contribution in [0.3, 0.4) is 0 Å². The molecule has 0 unspecified atom stereocenters. The zero-order valence-electron chi connectivity index (χ0n) is 15.4. The number of benzene rings is 3. The number of carbonyl (C=O) groups is 1. The molecular formula is C21H19ClN2O3S. The van der Waals surface area contributed by atoms with Crippen LogP contribution < -0.4 is 10.0 Å². The maximum atomic E-state index is 12.5. The number of rotatable bonds is 5. The lowest BCUT2D eigenvalue weighted by Gasteiger charge is -2.11. The zero-order chi connectivity index (χ0) is 20.3. The third kappa shape index (κ3) is 4.52. The molecule has 2 N–H and O–H groups in total. The minimum absolute atomic E-state index is 0.105. The van der Waals surface area contributed by atoms with Crippen molar-refractivity contribution in [3.05, 3.63) is 88.4 Å². The van der Waals surface area contributed by atoms with Crippen LogP contribution in [0.5, 0.6) is 0 Å². The monoisotopic (exact) mass is 414 g/mol. The fourth-order valence-electron chi connectivity index (χ4n) is 2.66. The molecule has 5 nitrogen and oxygen atoms in total. The number of carbonyl (C=O) groups excluding carboxylic acids is 1. The van der Waals surface area contributed by atoms with E-state index in [1.54, 1.807) is 54.6 Å². The van der Waals surface area contributed by atoms with Crippen LogP contribution in [0, 0.1) is 13.8 Å². The van der Waals surface area contributed by atoms with Gasteiger partial charge in [0.1, 0.15) is 0 Å². The van der Waals surface area contributed by atoms with Gasteiger partial charge in [-0.3, -0.25) is 9.52 Å². The molecule has 0 aromatic heterocycles. The molecule has 3 aromatic carbocycles. The smallest absolute Gasteiger partial charge is 0.261 e. The topological polar surface area (TPSA) is 75.3 Å². The summed E-state index contributed by atoms with van der Waals surface area (Å²) >= 11 is 6.07. The molecule has 28 heavy (non-hydrogen) atoms. The van der Waals surface area contributed by atoms with Crippen molar-refractivity contribution < 1.29 is 13.2 Å². The van der Waals surface area contributed by atoms with Crippen LogP contribution in [0.1, 0.15) is 21.5 Å². The molecule has 0 saturated heterocycles. The van der Waals surface area contributed by atoms with Crippen molar-refractivity contribution >= 4 is 38.9 Å². The summed E-state index contributed by atoms with van der Waals surface area (Å²) in [5.41, 5.74) is 3.07. The average Bonchev–Trinajstić information content (AvgIpc) is 2.65. The van der Waals surface area contributed by atoms with E-state index in [2.05, 4.69) is 10.0 Å². The normalized spacial score (nSPS) is 11.1. The Morgan fingerprint density at radius 2 is 1.50 bits per heavy atom. The van der Waals surface area contributed by atoms with Crippen molar-refractivity contribution in [1.29, 1.82) is 0 Å². The maximum Gasteiger partial charge on any atom is 0.261 e. The second kappa shape index (κ2) is 8.04. The summed E-state index contributed by atoms with van der Waals surface area (Å²) in [6.45, 7) is 3.64. The molecule has 3 aromatic rings. The largest absolute Gasteiger partial charge is 0.322 e. The summed E-state index contributed by atoms with van der Waals surface area (Å²) in [6, 6.07) is 18.1. The third-order valence-corrected chi connectivity index (χ3v) is 6.00. The van der Waals surface area contributed by atoms with E-state index in [0.717, 1.165) is 11.1 Å². The summed E-state index contributed by atoms with van der Waals surface area (Å²) in [7, 11) is -3.71. The molecule has 0 fully saturated rings. The minimum Gasteiger partial charge on any atom is -0.322 e. The molecule has 0 heterocycles. The first-order valence-corrected chi connectivity index (χ1v) is 10.4. The van der Waals surface area contributed by atoms with Crippen LogP contribution in [0.15, 0.2) is 71.6 Å². The van der Waals surface area contributed by atoms with Gasteiger partial charge in [0.05, 0.1) is 4.90 Å². The second-order valence-corrected chi connectivity index (χ2v) is 8.46. The number of halogens is 1. The van der Waals surface area contributed by atoms with Gasteiger partial charge in [-0.25, -0.2) is 8.42 Å². The predicted molar refractivity (Wildman–Crippen MR) is 113 cm³/mol. The molecule has 0 radical (unpaired) electrons. The van der Waals surface area contributed by atoms with Gasteiger partial charge in [-0.05, 0) is 73.5 Å². The molecule has 0 aliphatic rings. The summed E-state index contributed by atoms with van der Waals surface area (Å²) in [6.07, 6.45) is 0. The third-order valence-electron chi connectivity index (χ3n) is 4.20. The van der Waals surface area contributed by atoms with E-state index in [9.17, 15) is 13.2 Å². The van der Waals surface area contributed by atoms with Gasteiger partial charge < -0.3 is 5.32 Å². The van der Waals surface area contributed by atoms with Crippen molar-refractivity contribution in [2.24, 2.45) is 0 Å². The standard InChI is InChI=1S/C21H19ClN2O3S/c1-14-13-20(22)15(2)12-19(14)21(25)23-16-8-10-18(11-9-16)28(26,27)24-17-6-4-3-5-7-17/h3-13,24H,1-2H3,(H,23,25). The van der Waals surface area contributed by atoms with Gasteiger partial charge in [-0.1, -0.05) is 29.8 Å². The van der Waals surface area contributed by atoms with E-state index in [-0.39, 0.29) is 10.8 Å². The van der Waals surface area contributed by atoms with E-state index in [4.69, 9.17) is 11.6 Å². The fourth-order valence-corrected chi connectivity index (χ4v) is 3.94. The Labute approximate surface area is 169 Å². The van der Waals surface area contributed by atoms with E-state index in [1.165, 1.54) is 12.1 Å². The molecule has 1 amide bonds. The lowest BCUT2D eigenvalue weighted by atomic mass is 10.0. The number of hydrogen-bond acceptors (Lipinski definition) is 3. The van der Waals surface area contributed by atoms with Gasteiger partial charge >= 0.3 is 0 Å². The molecule has 0 bridgehead atoms. The lowest BCUT2D eigenvalue weighted by Crippen LogP contribution is -2.15. The molecule has 7 heteroatoms. The molecule has 0 aliphatic heterocycles. The number of nitrogens with one attached hydrogen (secondary N) is 2. The van der Waals surface area contributed by atoms with Gasteiger partial charge in [0.25, 0.3) is 15.9 Å². The van der Waals surface area contributed by atoms with Crippen LogP contribution in [0.2, 0.25) is 5.02 Å². The van der Waals surface area contributed by atoms with Gasteiger partial charge in [0.15, 0.2) is 0 Å². The highest BCUT2D eigenvalue weighted by molar-refractivity contribution is 7.92. The Morgan fingerprint density at radius 3 is 2.14 bits per heavy atom. The van der Waals surface area contributed by atoms with Crippen LogP contribution in [0.25, 0.3) is 0 Å². The minimum atomic E-state index is -3.71. The number of sulfonamides is 1. The summed E-state index contributed by atoms with van der Waals surface area (Å²) in [4.78, 5) is 12.6. The highest BCUT2D eigenvalue weighted by Gasteiger charge is 2.15. The van der Waals surface area contributed by atoms with E-state index in [0.29, 0.717) is 22.0 Å². The second-order valence-electron chi connectivity index (χ2n) is 6.37. The van der Waals surface area contributed by atoms with Crippen molar-refractivity contribution in [3.8, 4) is 0 Å². The number of aryl methyl sites for hydroxylation is 2. The first-order valence-electron chi connectivity index (χ1n) is 8.52. The fraction of sp³-hybridized carbons (Fsp3) is 0.0952. The highest BCUT2D eigenvalue weighted by atomic mass is 35.5. The van der Waals surface area contributed by atoms with E-state index < -0.39 is 10.0 Å². The highest BCUT2D eigenvalue weighted by Crippen LogP contribution is 2.22. The summed E-state index contributed by atoms with van der Waals surface area (Å²) < 4.78 is 27.4. The zero-order valence-corrected chi connectivity index (χ0v) is 16.9. The number of amides is 1. The number of anilines is 2. The van der Waals surface area contributed by atoms with Crippen LogP contribution in [-0.2, 0) is 10.0 Å². The SMILES string of the molecule is Cc1cc(C(=O)Nc2ccc(S(=O)(=O)Nc3ccccc3)cc2)c(C)cc1Cl. The van der Waals surface area contributed by atoms with Gasteiger partial charge in [-0.15, -0.1) is 0 Å². The maximum absolute atomic E-state index is 12.5. The van der Waals surface area contributed by atoms with Crippen LogP contribution in [-0.4, -0.2) is 14.3 Å².